The maximum absolute atomic E-state index is 12.1. The zero-order valence-electron chi connectivity index (χ0n) is 10.2. The summed E-state index contributed by atoms with van der Waals surface area (Å²) in [4.78, 5) is 13.9. The molecule has 0 radical (unpaired) electrons. The van der Waals surface area contributed by atoms with E-state index in [0.29, 0.717) is 16.6 Å². The van der Waals surface area contributed by atoms with Crippen LogP contribution in [0.2, 0.25) is 5.02 Å². The highest BCUT2D eigenvalue weighted by molar-refractivity contribution is 9.10. The van der Waals surface area contributed by atoms with Crippen molar-refractivity contribution in [1.82, 2.24) is 4.90 Å². The number of nitrogens with one attached hydrogen (secondary N) is 1. The number of likely N-dealkylation sites (tertiary alicyclic amines) is 1. The molecule has 0 unspecified atom stereocenters. The Morgan fingerprint density at radius 3 is 2.78 bits per heavy atom. The summed E-state index contributed by atoms with van der Waals surface area (Å²) in [6.07, 6.45) is 2.15. The molecule has 1 aromatic carbocycles. The Balaban J connectivity index is 2.00. The van der Waals surface area contributed by atoms with Gasteiger partial charge in [-0.05, 0) is 52.9 Å². The van der Waals surface area contributed by atoms with Gasteiger partial charge in [0.2, 0.25) is 0 Å². The van der Waals surface area contributed by atoms with Gasteiger partial charge in [0.05, 0.1) is 5.69 Å². The molecule has 1 aromatic rings. The van der Waals surface area contributed by atoms with Gasteiger partial charge in [-0.2, -0.15) is 0 Å². The van der Waals surface area contributed by atoms with Crippen molar-refractivity contribution < 1.29 is 4.79 Å². The fraction of sp³-hybridized carbons (Fsp3) is 0.462. The maximum Gasteiger partial charge on any atom is 0.321 e. The fourth-order valence-corrected chi connectivity index (χ4v) is 2.52. The summed E-state index contributed by atoms with van der Waals surface area (Å²) < 4.78 is 0.839. The number of rotatable bonds is 1. The first-order chi connectivity index (χ1) is 8.56. The number of anilines is 1. The summed E-state index contributed by atoms with van der Waals surface area (Å²) in [6, 6.07) is 5.31. The molecular weight excluding hydrogens is 316 g/mol. The molecular formula is C13H16BrClN2O. The molecule has 0 atom stereocenters. The Bertz CT molecular complexity index is 445. The van der Waals surface area contributed by atoms with Crippen LogP contribution < -0.4 is 5.32 Å². The van der Waals surface area contributed by atoms with Crippen molar-refractivity contribution in [2.75, 3.05) is 18.4 Å². The van der Waals surface area contributed by atoms with Crippen LogP contribution in [0.1, 0.15) is 19.8 Å². The molecule has 0 saturated carbocycles. The van der Waals surface area contributed by atoms with Gasteiger partial charge in [0, 0.05) is 22.6 Å². The van der Waals surface area contributed by atoms with Crippen molar-refractivity contribution in [2.24, 2.45) is 5.92 Å². The third-order valence-corrected chi connectivity index (χ3v) is 4.17. The summed E-state index contributed by atoms with van der Waals surface area (Å²) in [5.41, 5.74) is 0.714. The molecule has 1 saturated heterocycles. The molecule has 1 heterocycles. The van der Waals surface area contributed by atoms with Crippen molar-refractivity contribution in [1.29, 1.82) is 0 Å². The normalized spacial score (nSPS) is 16.7. The molecule has 3 nitrogen and oxygen atoms in total. The number of halogens is 2. The summed E-state index contributed by atoms with van der Waals surface area (Å²) >= 11 is 9.32. The predicted octanol–water partition coefficient (Wildman–Crippen LogP) is 4.37. The molecule has 0 bridgehead atoms. The van der Waals surface area contributed by atoms with Crippen LogP contribution in [0.5, 0.6) is 0 Å². The summed E-state index contributed by atoms with van der Waals surface area (Å²) in [6.45, 7) is 3.87. The average molecular weight is 332 g/mol. The van der Waals surface area contributed by atoms with E-state index in [2.05, 4.69) is 28.2 Å². The van der Waals surface area contributed by atoms with Gasteiger partial charge in [0.15, 0.2) is 0 Å². The van der Waals surface area contributed by atoms with Crippen LogP contribution in [0, 0.1) is 5.92 Å². The van der Waals surface area contributed by atoms with E-state index in [1.165, 1.54) is 0 Å². The maximum atomic E-state index is 12.1. The van der Waals surface area contributed by atoms with Crippen molar-refractivity contribution in [3.63, 3.8) is 0 Å². The van der Waals surface area contributed by atoms with Gasteiger partial charge in [0.1, 0.15) is 0 Å². The number of hydrogen-bond acceptors (Lipinski definition) is 1. The molecule has 1 aliphatic heterocycles. The van der Waals surface area contributed by atoms with Crippen LogP contribution in [0.25, 0.3) is 0 Å². The highest BCUT2D eigenvalue weighted by Crippen LogP contribution is 2.26. The standard InChI is InChI=1S/C13H16BrClN2O/c1-9-4-6-17(7-5-9)13(18)16-12-8-10(15)2-3-11(12)14/h2-3,8-9H,4-7H2,1H3,(H,16,18). The topological polar surface area (TPSA) is 32.3 Å². The first-order valence-electron chi connectivity index (χ1n) is 6.07. The molecule has 2 rings (SSSR count). The minimum atomic E-state index is -0.0510. The van der Waals surface area contributed by atoms with Crippen molar-refractivity contribution >= 4 is 39.2 Å². The minimum absolute atomic E-state index is 0.0510. The Morgan fingerprint density at radius 2 is 2.11 bits per heavy atom. The van der Waals surface area contributed by atoms with E-state index in [9.17, 15) is 4.79 Å². The average Bonchev–Trinajstić information content (AvgIpc) is 2.34. The number of hydrogen-bond donors (Lipinski definition) is 1. The van der Waals surface area contributed by atoms with Gasteiger partial charge < -0.3 is 10.2 Å². The lowest BCUT2D eigenvalue weighted by Crippen LogP contribution is -2.40. The minimum Gasteiger partial charge on any atom is -0.325 e. The predicted molar refractivity (Wildman–Crippen MR) is 78.1 cm³/mol. The van der Waals surface area contributed by atoms with Gasteiger partial charge in [-0.3, -0.25) is 0 Å². The Kier molecular flexibility index (Phi) is 4.51. The number of carbonyl (C=O) groups excluding carboxylic acids is 1. The highest BCUT2D eigenvalue weighted by Gasteiger charge is 2.20. The van der Waals surface area contributed by atoms with E-state index < -0.39 is 0 Å². The number of carbonyl (C=O) groups is 1. The largest absolute Gasteiger partial charge is 0.325 e. The van der Waals surface area contributed by atoms with E-state index >= 15 is 0 Å². The summed E-state index contributed by atoms with van der Waals surface area (Å²) in [5.74, 6) is 0.715. The second kappa shape index (κ2) is 5.93. The molecule has 98 valence electrons. The molecule has 2 amide bonds. The third kappa shape index (κ3) is 3.39. The molecule has 0 aliphatic carbocycles. The number of urea groups is 1. The van der Waals surface area contributed by atoms with Crippen LogP contribution in [0.3, 0.4) is 0 Å². The molecule has 5 heteroatoms. The Hall–Kier alpha value is -0.740. The van der Waals surface area contributed by atoms with E-state index in [1.807, 2.05) is 11.0 Å². The van der Waals surface area contributed by atoms with Gasteiger partial charge in [-0.15, -0.1) is 0 Å². The molecule has 1 N–H and O–H groups in total. The van der Waals surface area contributed by atoms with Crippen molar-refractivity contribution in [2.45, 2.75) is 19.8 Å². The molecule has 0 spiro atoms. The Morgan fingerprint density at radius 1 is 1.44 bits per heavy atom. The van der Waals surface area contributed by atoms with Crippen LogP contribution >= 0.6 is 27.5 Å². The number of piperidine rings is 1. The lowest BCUT2D eigenvalue weighted by Gasteiger charge is -2.30. The van der Waals surface area contributed by atoms with Crippen molar-refractivity contribution in [3.05, 3.63) is 27.7 Å². The summed E-state index contributed by atoms with van der Waals surface area (Å²) in [7, 11) is 0. The summed E-state index contributed by atoms with van der Waals surface area (Å²) in [5, 5.41) is 3.50. The SMILES string of the molecule is CC1CCN(C(=O)Nc2cc(Cl)ccc2Br)CC1. The monoisotopic (exact) mass is 330 g/mol. The van der Waals surface area contributed by atoms with Crippen molar-refractivity contribution in [3.8, 4) is 0 Å². The van der Waals surface area contributed by atoms with Gasteiger partial charge in [0.25, 0.3) is 0 Å². The first-order valence-corrected chi connectivity index (χ1v) is 7.24. The third-order valence-electron chi connectivity index (χ3n) is 3.24. The quantitative estimate of drug-likeness (QED) is 0.814. The van der Waals surface area contributed by atoms with E-state index in [-0.39, 0.29) is 6.03 Å². The molecule has 1 fully saturated rings. The lowest BCUT2D eigenvalue weighted by molar-refractivity contribution is 0.186. The first kappa shape index (κ1) is 13.7. The molecule has 0 aromatic heterocycles. The zero-order valence-corrected chi connectivity index (χ0v) is 12.6. The smallest absolute Gasteiger partial charge is 0.321 e. The fourth-order valence-electron chi connectivity index (χ4n) is 2.00. The van der Waals surface area contributed by atoms with Crippen LogP contribution in [0.4, 0.5) is 10.5 Å². The van der Waals surface area contributed by atoms with E-state index in [1.54, 1.807) is 12.1 Å². The van der Waals surface area contributed by atoms with Gasteiger partial charge >= 0.3 is 6.03 Å². The second-order valence-corrected chi connectivity index (χ2v) is 6.01. The lowest BCUT2D eigenvalue weighted by atomic mass is 10.00. The number of benzene rings is 1. The number of amides is 2. The van der Waals surface area contributed by atoms with E-state index in [0.717, 1.165) is 30.4 Å². The van der Waals surface area contributed by atoms with Crippen LogP contribution in [-0.2, 0) is 0 Å². The van der Waals surface area contributed by atoms with Gasteiger partial charge in [-0.1, -0.05) is 18.5 Å². The Labute approximate surface area is 121 Å². The molecule has 1 aliphatic rings. The van der Waals surface area contributed by atoms with Crippen LogP contribution in [-0.4, -0.2) is 24.0 Å². The highest BCUT2D eigenvalue weighted by atomic mass is 79.9. The molecule has 18 heavy (non-hydrogen) atoms. The van der Waals surface area contributed by atoms with Gasteiger partial charge in [-0.25, -0.2) is 4.79 Å². The zero-order chi connectivity index (χ0) is 13.1. The number of nitrogens with zero attached hydrogens (tertiary/aromatic N) is 1. The second-order valence-electron chi connectivity index (χ2n) is 4.72. The van der Waals surface area contributed by atoms with E-state index in [4.69, 9.17) is 11.6 Å². The van der Waals surface area contributed by atoms with Crippen LogP contribution in [0.15, 0.2) is 22.7 Å².